The molecule has 1 fully saturated rings. The Morgan fingerprint density at radius 3 is 2.45 bits per heavy atom. The van der Waals surface area contributed by atoms with E-state index in [4.69, 9.17) is 9.47 Å². The first-order chi connectivity index (χ1) is 9.65. The van der Waals surface area contributed by atoms with E-state index in [9.17, 15) is 0 Å². The zero-order valence-electron chi connectivity index (χ0n) is 13.1. The molecule has 0 aliphatic heterocycles. The zero-order chi connectivity index (χ0) is 14.5. The molecule has 3 heteroatoms. The summed E-state index contributed by atoms with van der Waals surface area (Å²) < 4.78 is 11.0. The van der Waals surface area contributed by atoms with E-state index in [0.29, 0.717) is 12.6 Å². The van der Waals surface area contributed by atoms with Crippen LogP contribution >= 0.6 is 0 Å². The largest absolute Gasteiger partial charge is 0.493 e. The molecule has 20 heavy (non-hydrogen) atoms. The fourth-order valence-electron chi connectivity index (χ4n) is 3.19. The average molecular weight is 277 g/mol. The van der Waals surface area contributed by atoms with Crippen LogP contribution in [0.4, 0.5) is 5.69 Å². The smallest absolute Gasteiger partial charge is 0.162 e. The number of nitrogens with one attached hydrogen (secondary N) is 1. The van der Waals surface area contributed by atoms with Gasteiger partial charge in [-0.3, -0.25) is 0 Å². The first-order valence-electron chi connectivity index (χ1n) is 7.73. The normalized spacial score (nSPS) is 26.1. The first-order valence-corrected chi connectivity index (χ1v) is 7.73. The molecule has 0 bridgehead atoms. The molecule has 0 radical (unpaired) electrons. The summed E-state index contributed by atoms with van der Waals surface area (Å²) in [4.78, 5) is 0. The van der Waals surface area contributed by atoms with Crippen LogP contribution in [0.25, 0.3) is 0 Å². The quantitative estimate of drug-likeness (QED) is 0.869. The van der Waals surface area contributed by atoms with Crippen molar-refractivity contribution in [3.8, 4) is 11.5 Å². The summed E-state index contributed by atoms with van der Waals surface area (Å²) >= 11 is 0. The molecule has 0 saturated heterocycles. The van der Waals surface area contributed by atoms with Gasteiger partial charge < -0.3 is 14.8 Å². The summed E-state index contributed by atoms with van der Waals surface area (Å²) in [5, 5.41) is 3.69. The molecule has 3 nitrogen and oxygen atoms in total. The van der Waals surface area contributed by atoms with Gasteiger partial charge in [-0.15, -0.1) is 0 Å². The second kappa shape index (κ2) is 6.87. The summed E-state index contributed by atoms with van der Waals surface area (Å²) in [6.07, 6.45) is 3.99. The van der Waals surface area contributed by atoms with Crippen molar-refractivity contribution in [3.05, 3.63) is 18.2 Å². The molecule has 0 spiro atoms. The van der Waals surface area contributed by atoms with Crippen molar-refractivity contribution < 1.29 is 9.47 Å². The average Bonchev–Trinajstić information content (AvgIpc) is 2.44. The Morgan fingerprint density at radius 1 is 1.15 bits per heavy atom. The van der Waals surface area contributed by atoms with Crippen molar-refractivity contribution in [1.29, 1.82) is 0 Å². The van der Waals surface area contributed by atoms with Crippen LogP contribution in [0.3, 0.4) is 0 Å². The van der Waals surface area contributed by atoms with Crippen LogP contribution in [-0.2, 0) is 0 Å². The third kappa shape index (κ3) is 3.38. The van der Waals surface area contributed by atoms with Gasteiger partial charge in [0.1, 0.15) is 0 Å². The standard InChI is InChI=1S/C17H27NO2/c1-5-20-15-10-9-14(11-16(15)19-4)18-17-12(2)7-6-8-13(17)3/h9-13,17-18H,5-8H2,1-4H3. The Balaban J connectivity index is 2.12. The van der Waals surface area contributed by atoms with Gasteiger partial charge in [0.15, 0.2) is 11.5 Å². The maximum Gasteiger partial charge on any atom is 0.162 e. The highest BCUT2D eigenvalue weighted by Crippen LogP contribution is 2.34. The van der Waals surface area contributed by atoms with Crippen molar-refractivity contribution in [2.45, 2.75) is 46.1 Å². The molecule has 1 aliphatic carbocycles. The Labute approximate surface area is 122 Å². The van der Waals surface area contributed by atoms with E-state index in [0.717, 1.165) is 29.0 Å². The van der Waals surface area contributed by atoms with Gasteiger partial charge in [0.2, 0.25) is 0 Å². The minimum absolute atomic E-state index is 0.548. The molecule has 2 rings (SSSR count). The maximum absolute atomic E-state index is 5.56. The molecule has 0 heterocycles. The molecule has 2 atom stereocenters. The molecule has 0 amide bonds. The monoisotopic (exact) mass is 277 g/mol. The van der Waals surface area contributed by atoms with Crippen LogP contribution in [0, 0.1) is 11.8 Å². The number of hydrogen-bond donors (Lipinski definition) is 1. The lowest BCUT2D eigenvalue weighted by Crippen LogP contribution is -2.37. The van der Waals surface area contributed by atoms with E-state index in [1.54, 1.807) is 7.11 Å². The van der Waals surface area contributed by atoms with Gasteiger partial charge in [0.05, 0.1) is 13.7 Å². The van der Waals surface area contributed by atoms with Gasteiger partial charge in [-0.25, -0.2) is 0 Å². The highest BCUT2D eigenvalue weighted by molar-refractivity contribution is 5.55. The van der Waals surface area contributed by atoms with E-state index in [2.05, 4.69) is 25.2 Å². The zero-order valence-corrected chi connectivity index (χ0v) is 13.1. The predicted molar refractivity (Wildman–Crippen MR) is 83.8 cm³/mol. The Hall–Kier alpha value is -1.38. The van der Waals surface area contributed by atoms with E-state index in [1.165, 1.54) is 19.3 Å². The molecule has 1 aromatic carbocycles. The Kier molecular flexibility index (Phi) is 5.16. The van der Waals surface area contributed by atoms with Gasteiger partial charge in [0, 0.05) is 17.8 Å². The molecular formula is C17H27NO2. The van der Waals surface area contributed by atoms with Gasteiger partial charge >= 0.3 is 0 Å². The van der Waals surface area contributed by atoms with Gasteiger partial charge in [-0.05, 0) is 43.7 Å². The van der Waals surface area contributed by atoms with Gasteiger partial charge in [-0.1, -0.05) is 20.3 Å². The van der Waals surface area contributed by atoms with Crippen molar-refractivity contribution in [3.63, 3.8) is 0 Å². The number of benzene rings is 1. The van der Waals surface area contributed by atoms with Crippen LogP contribution in [-0.4, -0.2) is 19.8 Å². The third-order valence-electron chi connectivity index (χ3n) is 4.34. The molecule has 2 unspecified atom stereocenters. The van der Waals surface area contributed by atoms with Crippen LogP contribution in [0.5, 0.6) is 11.5 Å². The van der Waals surface area contributed by atoms with Gasteiger partial charge in [-0.2, -0.15) is 0 Å². The van der Waals surface area contributed by atoms with E-state index in [1.807, 2.05) is 19.1 Å². The number of hydrogen-bond acceptors (Lipinski definition) is 3. The maximum atomic E-state index is 5.56. The molecule has 0 aromatic heterocycles. The SMILES string of the molecule is CCOc1ccc(NC2C(C)CCCC2C)cc1OC. The highest BCUT2D eigenvalue weighted by atomic mass is 16.5. The second-order valence-electron chi connectivity index (χ2n) is 5.85. The minimum Gasteiger partial charge on any atom is -0.493 e. The molecule has 1 N–H and O–H groups in total. The number of methoxy groups -OCH3 is 1. The summed E-state index contributed by atoms with van der Waals surface area (Å²) in [6.45, 7) is 7.33. The summed E-state index contributed by atoms with van der Waals surface area (Å²) in [6, 6.07) is 6.66. The number of rotatable bonds is 5. The lowest BCUT2D eigenvalue weighted by atomic mass is 9.78. The third-order valence-corrected chi connectivity index (χ3v) is 4.34. The van der Waals surface area contributed by atoms with E-state index in [-0.39, 0.29) is 0 Å². The van der Waals surface area contributed by atoms with Crippen molar-refractivity contribution in [2.75, 3.05) is 19.0 Å². The van der Waals surface area contributed by atoms with Crippen molar-refractivity contribution >= 4 is 5.69 Å². The van der Waals surface area contributed by atoms with Crippen LogP contribution in [0.2, 0.25) is 0 Å². The lowest BCUT2D eigenvalue weighted by molar-refractivity contribution is 0.268. The van der Waals surface area contributed by atoms with E-state index < -0.39 is 0 Å². The molecule has 112 valence electrons. The van der Waals surface area contributed by atoms with Crippen molar-refractivity contribution in [1.82, 2.24) is 0 Å². The molecule has 1 aromatic rings. The fourth-order valence-corrected chi connectivity index (χ4v) is 3.19. The van der Waals surface area contributed by atoms with Crippen LogP contribution in [0.1, 0.15) is 40.0 Å². The highest BCUT2D eigenvalue weighted by Gasteiger charge is 2.27. The topological polar surface area (TPSA) is 30.5 Å². The second-order valence-corrected chi connectivity index (χ2v) is 5.85. The fraction of sp³-hybridized carbons (Fsp3) is 0.647. The van der Waals surface area contributed by atoms with E-state index >= 15 is 0 Å². The summed E-state index contributed by atoms with van der Waals surface area (Å²) in [7, 11) is 1.69. The Bertz CT molecular complexity index is 423. The summed E-state index contributed by atoms with van der Waals surface area (Å²) in [5.41, 5.74) is 1.12. The van der Waals surface area contributed by atoms with Crippen LogP contribution < -0.4 is 14.8 Å². The summed E-state index contributed by atoms with van der Waals surface area (Å²) in [5.74, 6) is 3.05. The number of ether oxygens (including phenoxy) is 2. The predicted octanol–water partition coefficient (Wildman–Crippen LogP) is 4.33. The molecular weight excluding hydrogens is 250 g/mol. The molecule has 1 saturated carbocycles. The van der Waals surface area contributed by atoms with Crippen LogP contribution in [0.15, 0.2) is 18.2 Å². The minimum atomic E-state index is 0.548. The van der Waals surface area contributed by atoms with Crippen molar-refractivity contribution in [2.24, 2.45) is 11.8 Å². The lowest BCUT2D eigenvalue weighted by Gasteiger charge is -2.36. The van der Waals surface area contributed by atoms with Gasteiger partial charge in [0.25, 0.3) is 0 Å². The first kappa shape index (κ1) is 15.0. The Morgan fingerprint density at radius 2 is 1.85 bits per heavy atom. The molecule has 1 aliphatic rings. The number of anilines is 1.